The molecule has 1 saturated heterocycles. The van der Waals surface area contributed by atoms with E-state index in [0.29, 0.717) is 16.5 Å². The number of hydrogen-bond acceptors (Lipinski definition) is 6. The molecule has 2 N–H and O–H groups in total. The highest BCUT2D eigenvalue weighted by molar-refractivity contribution is 8.15. The summed E-state index contributed by atoms with van der Waals surface area (Å²) in [4.78, 5) is 13.1. The van der Waals surface area contributed by atoms with Crippen molar-refractivity contribution in [3.63, 3.8) is 0 Å². The Kier molecular flexibility index (Phi) is 5.21. The number of nitrogens with zero attached hydrogens (tertiary/aromatic N) is 3. The number of nitrogens with one attached hydrogen (secondary N) is 1. The lowest BCUT2D eigenvalue weighted by Crippen LogP contribution is -2.21. The van der Waals surface area contributed by atoms with E-state index in [1.807, 2.05) is 6.07 Å². The second kappa shape index (κ2) is 7.12. The summed E-state index contributed by atoms with van der Waals surface area (Å²) in [7, 11) is 0. The first-order valence-electron chi connectivity index (χ1n) is 6.75. The van der Waals surface area contributed by atoms with Crippen LogP contribution in [0.25, 0.3) is 0 Å². The van der Waals surface area contributed by atoms with Crippen molar-refractivity contribution in [1.29, 1.82) is 0 Å². The number of phenolic OH excluding ortho intramolecular Hbond substituents is 1. The van der Waals surface area contributed by atoms with Crippen molar-refractivity contribution in [2.75, 3.05) is 23.7 Å². The number of anilines is 1. The van der Waals surface area contributed by atoms with Crippen LogP contribution in [0, 0.1) is 0 Å². The Balaban J connectivity index is 2.09. The summed E-state index contributed by atoms with van der Waals surface area (Å²) in [5.74, 6) is 0.463. The SMILES string of the molecule is CCN(CC)c1ccc(C=NN=C2NC(=O)CS2)c(O)c1. The van der Waals surface area contributed by atoms with Gasteiger partial charge in [0.15, 0.2) is 5.17 Å². The number of benzene rings is 1. The van der Waals surface area contributed by atoms with Crippen molar-refractivity contribution in [3.8, 4) is 5.75 Å². The standard InChI is InChI=1S/C14H18N4O2S/c1-3-18(4-2)11-6-5-10(12(19)7-11)8-15-17-14-16-13(20)9-21-14/h5-8,19H,3-4,9H2,1-2H3,(H,16,17,20). The fourth-order valence-electron chi connectivity index (χ4n) is 1.95. The van der Waals surface area contributed by atoms with E-state index in [0.717, 1.165) is 18.8 Å². The van der Waals surface area contributed by atoms with Gasteiger partial charge in [0.25, 0.3) is 0 Å². The number of hydrogen-bond donors (Lipinski definition) is 2. The summed E-state index contributed by atoms with van der Waals surface area (Å²) in [5, 5.41) is 20.9. The summed E-state index contributed by atoms with van der Waals surface area (Å²) in [5.41, 5.74) is 1.56. The monoisotopic (exact) mass is 306 g/mol. The molecule has 0 saturated carbocycles. The third-order valence-corrected chi connectivity index (χ3v) is 3.94. The fourth-order valence-corrected chi connectivity index (χ4v) is 2.58. The van der Waals surface area contributed by atoms with Gasteiger partial charge in [-0.3, -0.25) is 4.79 Å². The zero-order chi connectivity index (χ0) is 15.2. The van der Waals surface area contributed by atoms with Crippen molar-refractivity contribution in [2.45, 2.75) is 13.8 Å². The molecule has 7 heteroatoms. The number of amides is 1. The largest absolute Gasteiger partial charge is 0.507 e. The summed E-state index contributed by atoms with van der Waals surface area (Å²) in [6, 6.07) is 5.45. The van der Waals surface area contributed by atoms with E-state index < -0.39 is 0 Å². The van der Waals surface area contributed by atoms with Crippen LogP contribution in [0.5, 0.6) is 5.75 Å². The van der Waals surface area contributed by atoms with Gasteiger partial charge in [0.1, 0.15) is 5.75 Å². The molecule has 2 rings (SSSR count). The number of carbonyl (C=O) groups excluding carboxylic acids is 1. The van der Waals surface area contributed by atoms with Gasteiger partial charge in [-0.05, 0) is 26.0 Å². The number of aromatic hydroxyl groups is 1. The third kappa shape index (κ3) is 3.98. The molecule has 21 heavy (non-hydrogen) atoms. The van der Waals surface area contributed by atoms with E-state index in [2.05, 4.69) is 34.3 Å². The summed E-state index contributed by atoms with van der Waals surface area (Å²) in [6.07, 6.45) is 1.47. The molecular weight excluding hydrogens is 288 g/mol. The Hall–Kier alpha value is -2.02. The lowest BCUT2D eigenvalue weighted by molar-refractivity contribution is -0.116. The molecule has 0 spiro atoms. The molecule has 1 aliphatic rings. The van der Waals surface area contributed by atoms with E-state index in [1.54, 1.807) is 12.1 Å². The molecule has 0 unspecified atom stereocenters. The molecule has 1 fully saturated rings. The van der Waals surface area contributed by atoms with Crippen molar-refractivity contribution < 1.29 is 9.90 Å². The molecule has 112 valence electrons. The van der Waals surface area contributed by atoms with Gasteiger partial charge in [0.2, 0.25) is 5.91 Å². The van der Waals surface area contributed by atoms with Gasteiger partial charge in [0, 0.05) is 30.4 Å². The van der Waals surface area contributed by atoms with E-state index in [9.17, 15) is 9.90 Å². The van der Waals surface area contributed by atoms with Crippen LogP contribution in [0.2, 0.25) is 0 Å². The Morgan fingerprint density at radius 1 is 1.43 bits per heavy atom. The van der Waals surface area contributed by atoms with Gasteiger partial charge in [-0.25, -0.2) is 0 Å². The first-order chi connectivity index (χ1) is 10.1. The topological polar surface area (TPSA) is 77.3 Å². The molecular formula is C14H18N4O2S. The fraction of sp³-hybridized carbons (Fsp3) is 0.357. The third-order valence-electron chi connectivity index (χ3n) is 3.07. The number of phenols is 1. The van der Waals surface area contributed by atoms with Crippen molar-refractivity contribution in [3.05, 3.63) is 23.8 Å². The average Bonchev–Trinajstić information content (AvgIpc) is 2.88. The molecule has 0 aliphatic carbocycles. The maximum absolute atomic E-state index is 11.0. The maximum Gasteiger partial charge on any atom is 0.236 e. The molecule has 0 aromatic heterocycles. The predicted octanol–water partition coefficient (Wildman–Crippen LogP) is 1.79. The molecule has 1 amide bonds. The van der Waals surface area contributed by atoms with Crippen LogP contribution in [0.15, 0.2) is 28.4 Å². The Morgan fingerprint density at radius 3 is 2.76 bits per heavy atom. The van der Waals surface area contributed by atoms with Gasteiger partial charge >= 0.3 is 0 Å². The van der Waals surface area contributed by atoms with Crippen LogP contribution in [0.1, 0.15) is 19.4 Å². The second-order valence-corrected chi connectivity index (χ2v) is 5.37. The minimum atomic E-state index is -0.0691. The Labute approximate surface area is 127 Å². The first-order valence-corrected chi connectivity index (χ1v) is 7.74. The van der Waals surface area contributed by atoms with E-state index >= 15 is 0 Å². The highest BCUT2D eigenvalue weighted by Crippen LogP contribution is 2.23. The summed E-state index contributed by atoms with van der Waals surface area (Å²) in [6.45, 7) is 5.90. The van der Waals surface area contributed by atoms with Crippen molar-refractivity contribution in [2.24, 2.45) is 10.2 Å². The number of carbonyl (C=O) groups is 1. The number of thioether (sulfide) groups is 1. The molecule has 0 radical (unpaired) electrons. The molecule has 1 aliphatic heterocycles. The Morgan fingerprint density at radius 2 is 2.19 bits per heavy atom. The van der Waals surface area contributed by atoms with Crippen LogP contribution < -0.4 is 10.2 Å². The second-order valence-electron chi connectivity index (χ2n) is 4.40. The van der Waals surface area contributed by atoms with Gasteiger partial charge in [-0.15, -0.1) is 5.10 Å². The summed E-state index contributed by atoms with van der Waals surface area (Å²) >= 11 is 1.31. The van der Waals surface area contributed by atoms with E-state index in [1.165, 1.54) is 18.0 Å². The zero-order valence-corrected chi connectivity index (χ0v) is 12.9. The van der Waals surface area contributed by atoms with Gasteiger partial charge in [-0.2, -0.15) is 5.10 Å². The predicted molar refractivity (Wildman–Crippen MR) is 87.3 cm³/mol. The van der Waals surface area contributed by atoms with Gasteiger partial charge in [0.05, 0.1) is 12.0 Å². The van der Waals surface area contributed by atoms with Crippen molar-refractivity contribution in [1.82, 2.24) is 5.32 Å². The Bertz CT molecular complexity index is 582. The highest BCUT2D eigenvalue weighted by Gasteiger charge is 2.15. The zero-order valence-electron chi connectivity index (χ0n) is 12.0. The molecule has 1 aromatic rings. The lowest BCUT2D eigenvalue weighted by Gasteiger charge is -2.21. The number of rotatable bonds is 5. The van der Waals surface area contributed by atoms with E-state index in [-0.39, 0.29) is 11.7 Å². The van der Waals surface area contributed by atoms with Crippen LogP contribution in [0.3, 0.4) is 0 Å². The average molecular weight is 306 g/mol. The molecule has 1 aromatic carbocycles. The minimum absolute atomic E-state index is 0.0691. The van der Waals surface area contributed by atoms with Gasteiger partial charge < -0.3 is 15.3 Å². The van der Waals surface area contributed by atoms with Gasteiger partial charge in [-0.1, -0.05) is 11.8 Å². The number of amidine groups is 1. The first kappa shape index (κ1) is 15.4. The minimum Gasteiger partial charge on any atom is -0.507 e. The smallest absolute Gasteiger partial charge is 0.236 e. The quantitative estimate of drug-likeness (QED) is 0.642. The lowest BCUT2D eigenvalue weighted by atomic mass is 10.2. The maximum atomic E-state index is 11.0. The summed E-state index contributed by atoms with van der Waals surface area (Å²) < 4.78 is 0. The molecule has 6 nitrogen and oxygen atoms in total. The molecule has 1 heterocycles. The van der Waals surface area contributed by atoms with Crippen molar-refractivity contribution >= 4 is 34.7 Å². The molecule has 0 bridgehead atoms. The van der Waals surface area contributed by atoms with E-state index in [4.69, 9.17) is 0 Å². The highest BCUT2D eigenvalue weighted by atomic mass is 32.2. The van der Waals surface area contributed by atoms with Crippen LogP contribution in [-0.2, 0) is 4.79 Å². The van der Waals surface area contributed by atoms with Crippen LogP contribution in [0.4, 0.5) is 5.69 Å². The van der Waals surface area contributed by atoms with Crippen LogP contribution >= 0.6 is 11.8 Å². The normalized spacial score (nSPS) is 16.7. The van der Waals surface area contributed by atoms with Crippen LogP contribution in [-0.4, -0.2) is 41.2 Å². The molecule has 0 atom stereocenters.